The molecule has 6 heteroatoms. The number of halogens is 2. The van der Waals surface area contributed by atoms with Gasteiger partial charge in [0.2, 0.25) is 5.52 Å². The highest BCUT2D eigenvalue weighted by Crippen LogP contribution is 2.23. The molecule has 0 saturated carbocycles. The summed E-state index contributed by atoms with van der Waals surface area (Å²) in [4.78, 5) is 0.257. The first kappa shape index (κ1) is 7.64. The zero-order chi connectivity index (χ0) is 8.72. The van der Waals surface area contributed by atoms with Crippen LogP contribution < -0.4 is 4.90 Å². The van der Waals surface area contributed by atoms with E-state index in [9.17, 15) is 5.21 Å². The molecule has 0 spiro atoms. The van der Waals surface area contributed by atoms with Crippen molar-refractivity contribution in [3.8, 4) is 0 Å². The van der Waals surface area contributed by atoms with Crippen LogP contribution in [0.5, 0.6) is 0 Å². The summed E-state index contributed by atoms with van der Waals surface area (Å²) in [7, 11) is 0. The minimum absolute atomic E-state index is 0.229. The molecule has 0 aliphatic carbocycles. The number of hydrogen-bond acceptors (Lipinski definition) is 3. The van der Waals surface area contributed by atoms with Gasteiger partial charge in [-0.05, 0) is 11.0 Å². The predicted molar refractivity (Wildman–Crippen MR) is 43.0 cm³/mol. The van der Waals surface area contributed by atoms with Gasteiger partial charge >= 0.3 is 0 Å². The first-order valence-corrected chi connectivity index (χ1v) is 3.78. The van der Waals surface area contributed by atoms with E-state index < -0.39 is 0 Å². The van der Waals surface area contributed by atoms with E-state index >= 15 is 0 Å². The molecule has 0 atom stereocenters. The lowest BCUT2D eigenvalue weighted by Crippen LogP contribution is -2.22. The van der Waals surface area contributed by atoms with Gasteiger partial charge < -0.3 is 5.21 Å². The third kappa shape index (κ3) is 1.00. The van der Waals surface area contributed by atoms with E-state index in [0.29, 0.717) is 15.6 Å². The van der Waals surface area contributed by atoms with Gasteiger partial charge in [-0.3, -0.25) is 4.63 Å². The van der Waals surface area contributed by atoms with Crippen molar-refractivity contribution >= 4 is 34.2 Å². The summed E-state index contributed by atoms with van der Waals surface area (Å²) in [6.45, 7) is 0. The van der Waals surface area contributed by atoms with Crippen molar-refractivity contribution in [1.29, 1.82) is 0 Å². The Morgan fingerprint density at radius 2 is 2.17 bits per heavy atom. The minimum Gasteiger partial charge on any atom is -0.359 e. The molecular formula is C6H2Cl2N2O2. The zero-order valence-corrected chi connectivity index (χ0v) is 7.13. The van der Waals surface area contributed by atoms with Crippen LogP contribution >= 0.6 is 23.2 Å². The lowest BCUT2D eigenvalue weighted by atomic mass is 10.3. The Morgan fingerprint density at radius 3 is 2.92 bits per heavy atom. The number of hydrogen-bond donors (Lipinski definition) is 0. The van der Waals surface area contributed by atoms with Gasteiger partial charge in [0.05, 0.1) is 0 Å². The van der Waals surface area contributed by atoms with Crippen molar-refractivity contribution in [2.75, 3.05) is 0 Å². The number of fused-ring (bicyclic) bond motifs is 1. The van der Waals surface area contributed by atoms with Crippen molar-refractivity contribution < 1.29 is 9.53 Å². The normalized spacial score (nSPS) is 10.8. The smallest absolute Gasteiger partial charge is 0.267 e. The van der Waals surface area contributed by atoms with Crippen LogP contribution in [0.4, 0.5) is 0 Å². The van der Waals surface area contributed by atoms with E-state index in [1.54, 1.807) is 0 Å². The molecule has 12 heavy (non-hydrogen) atoms. The van der Waals surface area contributed by atoms with Crippen LogP contribution in [0.1, 0.15) is 0 Å². The number of benzene rings is 1. The second kappa shape index (κ2) is 2.50. The summed E-state index contributed by atoms with van der Waals surface area (Å²) in [6.07, 6.45) is 0. The highest BCUT2D eigenvalue weighted by molar-refractivity contribution is 6.37. The molecule has 0 unspecified atom stereocenters. The first-order chi connectivity index (χ1) is 5.68. The van der Waals surface area contributed by atoms with E-state index in [1.807, 2.05) is 0 Å². The maximum atomic E-state index is 10.9. The van der Waals surface area contributed by atoms with Gasteiger partial charge in [0, 0.05) is 16.2 Å². The molecule has 2 rings (SSSR count). The number of aromatic nitrogens is 2. The van der Waals surface area contributed by atoms with Crippen molar-refractivity contribution in [2.24, 2.45) is 0 Å². The highest BCUT2D eigenvalue weighted by Gasteiger charge is 2.13. The highest BCUT2D eigenvalue weighted by atomic mass is 35.5. The van der Waals surface area contributed by atoms with Gasteiger partial charge in [-0.1, -0.05) is 23.2 Å². The topological polar surface area (TPSA) is 53.0 Å². The van der Waals surface area contributed by atoms with Crippen LogP contribution in [-0.2, 0) is 0 Å². The number of rotatable bonds is 0. The van der Waals surface area contributed by atoms with Gasteiger partial charge in [-0.15, -0.1) is 0 Å². The van der Waals surface area contributed by atoms with E-state index in [2.05, 4.69) is 9.79 Å². The molecule has 0 N–H and O–H groups in total. The molecule has 0 aliphatic heterocycles. The summed E-state index contributed by atoms with van der Waals surface area (Å²) in [5.41, 5.74) is 0.545. The molecule has 62 valence electrons. The van der Waals surface area contributed by atoms with Gasteiger partial charge in [-0.2, -0.15) is 0 Å². The SMILES string of the molecule is [O-][n+]1onc2c(Cl)cc(Cl)cc21. The Kier molecular flexibility index (Phi) is 1.59. The number of nitrogens with zero attached hydrogens (tertiary/aromatic N) is 2. The summed E-state index contributed by atoms with van der Waals surface area (Å²) >= 11 is 11.4. The fourth-order valence-corrected chi connectivity index (χ4v) is 1.42. The first-order valence-electron chi connectivity index (χ1n) is 3.03. The summed E-state index contributed by atoms with van der Waals surface area (Å²) in [6, 6.07) is 2.93. The van der Waals surface area contributed by atoms with Gasteiger partial charge in [0.15, 0.2) is 0 Å². The van der Waals surface area contributed by atoms with Crippen LogP contribution in [0, 0.1) is 5.21 Å². The fraction of sp³-hybridized carbons (Fsp3) is 0. The second-order valence-corrected chi connectivity index (χ2v) is 3.03. The van der Waals surface area contributed by atoms with Crippen molar-refractivity contribution in [3.05, 3.63) is 27.4 Å². The second-order valence-electron chi connectivity index (χ2n) is 2.19. The van der Waals surface area contributed by atoms with Crippen LogP contribution in [0.2, 0.25) is 10.0 Å². The fourth-order valence-electron chi connectivity index (χ4n) is 0.904. The summed E-state index contributed by atoms with van der Waals surface area (Å²) in [5, 5.41) is 15.0. The standard InChI is InChI=1S/C6H2Cl2N2O2/c7-3-1-4(8)6-5(2-3)10(11)12-9-6/h1-2H. The van der Waals surface area contributed by atoms with E-state index in [4.69, 9.17) is 23.2 Å². The largest absolute Gasteiger partial charge is 0.359 e. The van der Waals surface area contributed by atoms with Crippen LogP contribution in [0.25, 0.3) is 11.0 Å². The summed E-state index contributed by atoms with van der Waals surface area (Å²) in [5.74, 6) is 0. The Hall–Kier alpha value is -1.00. The Bertz CT molecular complexity index is 440. The molecule has 2 aromatic rings. The summed E-state index contributed by atoms with van der Waals surface area (Å²) < 4.78 is 4.32. The molecular weight excluding hydrogens is 203 g/mol. The van der Waals surface area contributed by atoms with Crippen LogP contribution in [0.15, 0.2) is 16.8 Å². The quantitative estimate of drug-likeness (QED) is 0.615. The van der Waals surface area contributed by atoms with Crippen molar-refractivity contribution in [3.63, 3.8) is 0 Å². The maximum Gasteiger partial charge on any atom is 0.267 e. The molecule has 1 aromatic carbocycles. The lowest BCUT2D eigenvalue weighted by Gasteiger charge is -1.89. The predicted octanol–water partition coefficient (Wildman–Crippen LogP) is 1.77. The zero-order valence-electron chi connectivity index (χ0n) is 5.62. The molecule has 0 radical (unpaired) electrons. The van der Waals surface area contributed by atoms with Gasteiger partial charge in [0.1, 0.15) is 5.02 Å². The minimum atomic E-state index is 0.229. The third-order valence-electron chi connectivity index (χ3n) is 1.41. The van der Waals surface area contributed by atoms with E-state index in [0.717, 1.165) is 0 Å². The average Bonchev–Trinajstić information content (AvgIpc) is 2.33. The third-order valence-corrected chi connectivity index (χ3v) is 1.92. The Labute approximate surface area is 76.8 Å². The van der Waals surface area contributed by atoms with Gasteiger partial charge in [-0.25, -0.2) is 0 Å². The molecule has 0 saturated heterocycles. The maximum absolute atomic E-state index is 10.9. The van der Waals surface area contributed by atoms with E-state index in [1.165, 1.54) is 12.1 Å². The Morgan fingerprint density at radius 1 is 1.42 bits per heavy atom. The lowest BCUT2D eigenvalue weighted by molar-refractivity contribution is -0.782. The molecule has 0 amide bonds. The van der Waals surface area contributed by atoms with Crippen LogP contribution in [-0.4, -0.2) is 5.16 Å². The Balaban J connectivity index is 2.92. The average molecular weight is 205 g/mol. The molecule has 0 aliphatic rings. The molecule has 1 heterocycles. The van der Waals surface area contributed by atoms with Gasteiger partial charge in [0.25, 0.3) is 5.52 Å². The molecule has 4 nitrogen and oxygen atoms in total. The molecule has 0 bridgehead atoms. The molecule has 1 aromatic heterocycles. The monoisotopic (exact) mass is 204 g/mol. The van der Waals surface area contributed by atoms with Crippen LogP contribution in [0.3, 0.4) is 0 Å². The van der Waals surface area contributed by atoms with Crippen molar-refractivity contribution in [1.82, 2.24) is 5.16 Å². The van der Waals surface area contributed by atoms with Crippen molar-refractivity contribution in [2.45, 2.75) is 0 Å². The van der Waals surface area contributed by atoms with E-state index in [-0.39, 0.29) is 10.4 Å². The molecule has 0 fully saturated rings.